The Morgan fingerprint density at radius 2 is 1.88 bits per heavy atom. The molecule has 2 rings (SSSR count). The molecule has 1 N–H and O–H groups in total. The molecule has 24 heavy (non-hydrogen) atoms. The Bertz CT molecular complexity index is 573. The van der Waals surface area contributed by atoms with Crippen LogP contribution in [0.1, 0.15) is 44.1 Å². The first kappa shape index (κ1) is 18.2. The zero-order valence-corrected chi connectivity index (χ0v) is 14.7. The lowest BCUT2D eigenvalue weighted by Gasteiger charge is -2.35. The van der Waals surface area contributed by atoms with Gasteiger partial charge in [-0.05, 0) is 27.7 Å². The van der Waals surface area contributed by atoms with Gasteiger partial charge in [-0.15, -0.1) is 5.10 Å². The van der Waals surface area contributed by atoms with Crippen LogP contribution >= 0.6 is 0 Å². The summed E-state index contributed by atoms with van der Waals surface area (Å²) in [7, 11) is 0. The summed E-state index contributed by atoms with van der Waals surface area (Å²) in [6.45, 7) is 10.7. The van der Waals surface area contributed by atoms with Crippen molar-refractivity contribution in [3.63, 3.8) is 0 Å². The van der Waals surface area contributed by atoms with E-state index in [1.165, 1.54) is 0 Å². The van der Waals surface area contributed by atoms with Gasteiger partial charge in [0.15, 0.2) is 0 Å². The van der Waals surface area contributed by atoms with Gasteiger partial charge < -0.3 is 14.4 Å². The number of piperazine rings is 1. The Kier molecular flexibility index (Phi) is 5.76. The van der Waals surface area contributed by atoms with Crippen molar-refractivity contribution in [1.29, 1.82) is 0 Å². The Hall–Kier alpha value is -2.16. The van der Waals surface area contributed by atoms with Crippen LogP contribution in [-0.2, 0) is 16.0 Å². The summed E-state index contributed by atoms with van der Waals surface area (Å²) in [5, 5.41) is 6.61. The van der Waals surface area contributed by atoms with Gasteiger partial charge in [-0.25, -0.2) is 14.6 Å². The van der Waals surface area contributed by atoms with E-state index in [1.54, 1.807) is 11.8 Å². The van der Waals surface area contributed by atoms with Crippen molar-refractivity contribution in [1.82, 2.24) is 25.0 Å². The number of nitrogens with one attached hydrogen (secondary N) is 1. The minimum absolute atomic E-state index is 0.0410. The Balaban J connectivity index is 1.81. The van der Waals surface area contributed by atoms with Crippen LogP contribution in [0.4, 0.5) is 4.79 Å². The third kappa shape index (κ3) is 5.19. The second-order valence-electron chi connectivity index (χ2n) is 6.57. The summed E-state index contributed by atoms with van der Waals surface area (Å²) < 4.78 is 10.2. The molecule has 0 aliphatic carbocycles. The molecule has 0 bridgehead atoms. The van der Waals surface area contributed by atoms with E-state index < -0.39 is 11.6 Å². The molecule has 1 aliphatic heterocycles. The topological polar surface area (TPSA) is 101 Å². The number of hydrogen-bond donors (Lipinski definition) is 1. The molecule has 9 heteroatoms. The van der Waals surface area contributed by atoms with Gasteiger partial charge in [0.1, 0.15) is 11.4 Å². The maximum atomic E-state index is 12.0. The van der Waals surface area contributed by atoms with Gasteiger partial charge in [-0.2, -0.15) is 0 Å². The van der Waals surface area contributed by atoms with Crippen molar-refractivity contribution in [2.45, 2.75) is 39.8 Å². The standard InChI is InChI=1S/C15H25N5O4/c1-5-23-13(21)12-16-11(17-18-12)10-19-6-8-20(9-7-19)14(22)24-15(2,3)4/h5-10H2,1-4H3,(H,16,17,18). The summed E-state index contributed by atoms with van der Waals surface area (Å²) in [4.78, 5) is 31.5. The number of hydrogen-bond acceptors (Lipinski definition) is 7. The molecular weight excluding hydrogens is 314 g/mol. The molecule has 134 valence electrons. The fraction of sp³-hybridized carbons (Fsp3) is 0.733. The molecule has 9 nitrogen and oxygen atoms in total. The third-order valence-electron chi connectivity index (χ3n) is 3.39. The molecule has 0 radical (unpaired) electrons. The van der Waals surface area contributed by atoms with E-state index in [2.05, 4.69) is 20.1 Å². The highest BCUT2D eigenvalue weighted by atomic mass is 16.6. The normalized spacial score (nSPS) is 16.1. The number of carbonyl (C=O) groups is 2. The fourth-order valence-corrected chi connectivity index (χ4v) is 2.28. The fourth-order valence-electron chi connectivity index (χ4n) is 2.28. The number of esters is 1. The summed E-state index contributed by atoms with van der Waals surface area (Å²) in [5.41, 5.74) is -0.489. The minimum Gasteiger partial charge on any atom is -0.460 e. The predicted octanol–water partition coefficient (Wildman–Crippen LogP) is 1.03. The van der Waals surface area contributed by atoms with E-state index in [-0.39, 0.29) is 18.5 Å². The molecule has 0 aromatic carbocycles. The van der Waals surface area contributed by atoms with E-state index in [9.17, 15) is 9.59 Å². The number of nitrogens with zero attached hydrogens (tertiary/aromatic N) is 4. The van der Waals surface area contributed by atoms with Crippen molar-refractivity contribution in [3.05, 3.63) is 11.6 Å². The molecule has 0 atom stereocenters. The van der Waals surface area contributed by atoms with Gasteiger partial charge in [0, 0.05) is 26.2 Å². The largest absolute Gasteiger partial charge is 0.460 e. The Labute approximate surface area is 141 Å². The van der Waals surface area contributed by atoms with Crippen molar-refractivity contribution in [2.24, 2.45) is 0 Å². The summed E-state index contributed by atoms with van der Waals surface area (Å²) in [6.07, 6.45) is -0.286. The van der Waals surface area contributed by atoms with Crippen LogP contribution in [-0.4, -0.2) is 75.4 Å². The van der Waals surface area contributed by atoms with Crippen LogP contribution in [0.2, 0.25) is 0 Å². The van der Waals surface area contributed by atoms with Crippen molar-refractivity contribution >= 4 is 12.1 Å². The van der Waals surface area contributed by atoms with Crippen molar-refractivity contribution in [2.75, 3.05) is 32.8 Å². The first-order valence-electron chi connectivity index (χ1n) is 8.07. The zero-order chi connectivity index (χ0) is 17.7. The van der Waals surface area contributed by atoms with Crippen molar-refractivity contribution < 1.29 is 19.1 Å². The molecule has 1 amide bonds. The Morgan fingerprint density at radius 1 is 1.21 bits per heavy atom. The average Bonchev–Trinajstić information content (AvgIpc) is 2.95. The van der Waals surface area contributed by atoms with E-state index in [0.717, 1.165) is 0 Å². The summed E-state index contributed by atoms with van der Waals surface area (Å²) in [6, 6.07) is 0. The highest BCUT2D eigenvalue weighted by Crippen LogP contribution is 2.12. The van der Waals surface area contributed by atoms with Gasteiger partial charge >= 0.3 is 12.1 Å². The average molecular weight is 339 g/mol. The second kappa shape index (κ2) is 7.61. The summed E-state index contributed by atoms with van der Waals surface area (Å²) in [5.74, 6) is 0.109. The molecule has 1 aromatic rings. The molecule has 0 saturated carbocycles. The molecule has 1 aromatic heterocycles. The van der Waals surface area contributed by atoms with Crippen molar-refractivity contribution in [3.8, 4) is 0 Å². The van der Waals surface area contributed by atoms with Gasteiger partial charge in [0.25, 0.3) is 5.82 Å². The first-order valence-corrected chi connectivity index (χ1v) is 8.07. The van der Waals surface area contributed by atoms with Gasteiger partial charge in [0.2, 0.25) is 0 Å². The number of aromatic amines is 1. The lowest BCUT2D eigenvalue weighted by Crippen LogP contribution is -2.49. The minimum atomic E-state index is -0.533. The van der Waals surface area contributed by atoms with Gasteiger partial charge in [-0.3, -0.25) is 10.00 Å². The maximum absolute atomic E-state index is 12.0. The van der Waals surface area contributed by atoms with E-state index in [1.807, 2.05) is 20.8 Å². The van der Waals surface area contributed by atoms with Gasteiger partial charge in [0.05, 0.1) is 13.2 Å². The number of amides is 1. The zero-order valence-electron chi connectivity index (χ0n) is 14.7. The van der Waals surface area contributed by atoms with E-state index in [4.69, 9.17) is 9.47 Å². The van der Waals surface area contributed by atoms with Crippen LogP contribution in [0.15, 0.2) is 0 Å². The number of carbonyl (C=O) groups excluding carboxylic acids is 2. The highest BCUT2D eigenvalue weighted by Gasteiger charge is 2.26. The molecule has 0 spiro atoms. The smallest absolute Gasteiger partial charge is 0.410 e. The third-order valence-corrected chi connectivity index (χ3v) is 3.39. The molecule has 1 saturated heterocycles. The van der Waals surface area contributed by atoms with Gasteiger partial charge in [-0.1, -0.05) is 0 Å². The number of aromatic nitrogens is 3. The lowest BCUT2D eigenvalue weighted by atomic mass is 10.2. The van der Waals surface area contributed by atoms with Crippen LogP contribution in [0.3, 0.4) is 0 Å². The number of rotatable bonds is 4. The molecular formula is C15H25N5O4. The molecule has 2 heterocycles. The lowest BCUT2D eigenvalue weighted by molar-refractivity contribution is 0.0137. The molecule has 1 fully saturated rings. The first-order chi connectivity index (χ1) is 11.3. The molecule has 1 aliphatic rings. The van der Waals surface area contributed by atoms with E-state index >= 15 is 0 Å². The monoisotopic (exact) mass is 339 g/mol. The quantitative estimate of drug-likeness (QED) is 0.818. The van der Waals surface area contributed by atoms with Crippen LogP contribution < -0.4 is 0 Å². The number of ether oxygens (including phenoxy) is 2. The van der Waals surface area contributed by atoms with Crippen LogP contribution in [0.5, 0.6) is 0 Å². The maximum Gasteiger partial charge on any atom is 0.410 e. The summed E-state index contributed by atoms with van der Waals surface area (Å²) >= 11 is 0. The SMILES string of the molecule is CCOC(=O)c1n[nH]c(CN2CCN(C(=O)OC(C)(C)C)CC2)n1. The number of H-pyrrole nitrogens is 1. The second-order valence-corrected chi connectivity index (χ2v) is 6.57. The van der Waals surface area contributed by atoms with Crippen LogP contribution in [0.25, 0.3) is 0 Å². The van der Waals surface area contributed by atoms with E-state index in [0.29, 0.717) is 38.5 Å². The Morgan fingerprint density at radius 3 is 2.46 bits per heavy atom. The highest BCUT2D eigenvalue weighted by molar-refractivity contribution is 5.84. The molecule has 0 unspecified atom stereocenters. The van der Waals surface area contributed by atoms with Crippen LogP contribution in [0, 0.1) is 0 Å². The predicted molar refractivity (Wildman–Crippen MR) is 85.4 cm³/mol.